The molecule has 0 bridgehead atoms. The summed E-state index contributed by atoms with van der Waals surface area (Å²) in [5.41, 5.74) is 0.791. The molecule has 4 rings (SSSR count). The van der Waals surface area contributed by atoms with Gasteiger partial charge in [0.15, 0.2) is 0 Å². The van der Waals surface area contributed by atoms with E-state index >= 15 is 0 Å². The zero-order chi connectivity index (χ0) is 20.4. The van der Waals surface area contributed by atoms with Gasteiger partial charge in [-0.3, -0.25) is 9.69 Å². The van der Waals surface area contributed by atoms with Gasteiger partial charge in [0, 0.05) is 37.3 Å². The Bertz CT molecular complexity index is 1100. The van der Waals surface area contributed by atoms with Gasteiger partial charge < -0.3 is 5.32 Å². The van der Waals surface area contributed by atoms with E-state index in [0.29, 0.717) is 30.4 Å². The van der Waals surface area contributed by atoms with Crippen molar-refractivity contribution < 1.29 is 13.2 Å². The van der Waals surface area contributed by atoms with Gasteiger partial charge in [0.25, 0.3) is 10.0 Å². The Hall–Kier alpha value is -2.26. The number of thiophene rings is 1. The molecule has 1 aliphatic heterocycles. The average Bonchev–Trinajstić information content (AvgIpc) is 3.29. The molecule has 2 heterocycles. The zero-order valence-corrected chi connectivity index (χ0v) is 17.7. The first-order valence-electron chi connectivity index (χ1n) is 9.53. The Morgan fingerprint density at radius 1 is 1.00 bits per heavy atom. The molecule has 1 amide bonds. The monoisotopic (exact) mass is 429 g/mol. The fourth-order valence-corrected chi connectivity index (χ4v) is 6.17. The molecule has 1 aliphatic rings. The molecular formula is C21H23N3O3S2. The van der Waals surface area contributed by atoms with Gasteiger partial charge in [0.05, 0.1) is 6.04 Å². The molecule has 1 aromatic heterocycles. The van der Waals surface area contributed by atoms with Crippen molar-refractivity contribution in [3.63, 3.8) is 0 Å². The summed E-state index contributed by atoms with van der Waals surface area (Å²) in [6, 6.07) is 16.8. The van der Waals surface area contributed by atoms with Crippen molar-refractivity contribution in [2.45, 2.75) is 17.2 Å². The van der Waals surface area contributed by atoms with Crippen LogP contribution in [-0.4, -0.2) is 55.8 Å². The molecule has 29 heavy (non-hydrogen) atoms. The summed E-state index contributed by atoms with van der Waals surface area (Å²) in [6.07, 6.45) is 0. The van der Waals surface area contributed by atoms with Crippen molar-refractivity contribution in [1.29, 1.82) is 0 Å². The highest BCUT2D eigenvalue weighted by molar-refractivity contribution is 7.91. The SMILES string of the molecule is CC(C(=O)Nc1cccc2ccccc12)N1CCN(S(=O)(=O)c2cccs2)CC1. The zero-order valence-electron chi connectivity index (χ0n) is 16.1. The maximum absolute atomic E-state index is 12.8. The summed E-state index contributed by atoms with van der Waals surface area (Å²) in [6.45, 7) is 3.67. The minimum atomic E-state index is -3.44. The minimum Gasteiger partial charge on any atom is -0.324 e. The molecule has 1 fully saturated rings. The van der Waals surface area contributed by atoms with E-state index in [1.807, 2.05) is 54.3 Å². The minimum absolute atomic E-state index is 0.0871. The Balaban J connectivity index is 1.40. The molecule has 8 heteroatoms. The standard InChI is InChI=1S/C21H23N3O3S2/c1-16(21(25)22-19-9-4-7-17-6-2-3-8-18(17)19)23-11-13-24(14-12-23)29(26,27)20-10-5-15-28-20/h2-10,15-16H,11-14H2,1H3,(H,22,25). The summed E-state index contributed by atoms with van der Waals surface area (Å²) in [4.78, 5) is 14.9. The third-order valence-electron chi connectivity index (χ3n) is 5.34. The van der Waals surface area contributed by atoms with Gasteiger partial charge in [-0.05, 0) is 29.8 Å². The van der Waals surface area contributed by atoms with Crippen LogP contribution in [0.25, 0.3) is 10.8 Å². The van der Waals surface area contributed by atoms with Crippen LogP contribution in [0.1, 0.15) is 6.92 Å². The lowest BCUT2D eigenvalue weighted by Crippen LogP contribution is -2.53. The summed E-state index contributed by atoms with van der Waals surface area (Å²) in [5.74, 6) is -0.0871. The summed E-state index contributed by atoms with van der Waals surface area (Å²) >= 11 is 1.23. The van der Waals surface area contributed by atoms with E-state index in [0.717, 1.165) is 16.5 Å². The van der Waals surface area contributed by atoms with Crippen molar-refractivity contribution >= 4 is 43.7 Å². The Morgan fingerprint density at radius 2 is 1.72 bits per heavy atom. The van der Waals surface area contributed by atoms with Gasteiger partial charge in [-0.25, -0.2) is 8.42 Å². The van der Waals surface area contributed by atoms with Crippen LogP contribution in [0.5, 0.6) is 0 Å². The van der Waals surface area contributed by atoms with Crippen molar-refractivity contribution in [3.05, 3.63) is 60.0 Å². The molecule has 152 valence electrons. The highest BCUT2D eigenvalue weighted by Crippen LogP contribution is 2.25. The van der Waals surface area contributed by atoms with Crippen LogP contribution in [0.2, 0.25) is 0 Å². The number of hydrogen-bond acceptors (Lipinski definition) is 5. The number of carbonyl (C=O) groups excluding carboxylic acids is 1. The Morgan fingerprint density at radius 3 is 2.45 bits per heavy atom. The number of sulfonamides is 1. The molecule has 0 aliphatic carbocycles. The van der Waals surface area contributed by atoms with Crippen LogP contribution in [0.3, 0.4) is 0 Å². The molecule has 1 unspecified atom stereocenters. The second kappa shape index (κ2) is 8.23. The van der Waals surface area contributed by atoms with Crippen LogP contribution < -0.4 is 5.32 Å². The smallest absolute Gasteiger partial charge is 0.252 e. The van der Waals surface area contributed by atoms with Crippen molar-refractivity contribution in [1.82, 2.24) is 9.21 Å². The second-order valence-corrected chi connectivity index (χ2v) is 10.2. The van der Waals surface area contributed by atoms with E-state index in [-0.39, 0.29) is 11.9 Å². The lowest BCUT2D eigenvalue weighted by atomic mass is 10.1. The highest BCUT2D eigenvalue weighted by Gasteiger charge is 2.32. The molecule has 0 saturated carbocycles. The maximum atomic E-state index is 12.8. The van der Waals surface area contributed by atoms with Crippen LogP contribution in [0.15, 0.2) is 64.2 Å². The molecule has 2 aromatic carbocycles. The van der Waals surface area contributed by atoms with Crippen LogP contribution >= 0.6 is 11.3 Å². The quantitative estimate of drug-likeness (QED) is 0.676. The number of fused-ring (bicyclic) bond motifs is 1. The third kappa shape index (κ3) is 4.06. The number of piperazine rings is 1. The lowest BCUT2D eigenvalue weighted by Gasteiger charge is -2.36. The van der Waals surface area contributed by atoms with Gasteiger partial charge in [0.2, 0.25) is 5.91 Å². The predicted molar refractivity (Wildman–Crippen MR) is 117 cm³/mol. The van der Waals surface area contributed by atoms with Crippen molar-refractivity contribution in [2.24, 2.45) is 0 Å². The Labute approximate surface area is 174 Å². The number of hydrogen-bond donors (Lipinski definition) is 1. The largest absolute Gasteiger partial charge is 0.324 e. The normalized spacial score (nSPS) is 17.3. The third-order valence-corrected chi connectivity index (χ3v) is 8.61. The van der Waals surface area contributed by atoms with Crippen LogP contribution in [0.4, 0.5) is 5.69 Å². The molecular weight excluding hydrogens is 406 g/mol. The topological polar surface area (TPSA) is 69.7 Å². The molecule has 0 spiro atoms. The first kappa shape index (κ1) is 20.0. The van der Waals surface area contributed by atoms with Crippen molar-refractivity contribution in [3.8, 4) is 0 Å². The number of anilines is 1. The predicted octanol–water partition coefficient (Wildman–Crippen LogP) is 3.23. The van der Waals surface area contributed by atoms with E-state index in [1.165, 1.54) is 15.6 Å². The molecule has 1 atom stereocenters. The van der Waals surface area contributed by atoms with E-state index in [9.17, 15) is 13.2 Å². The van der Waals surface area contributed by atoms with E-state index in [1.54, 1.807) is 17.5 Å². The number of benzene rings is 2. The number of nitrogens with one attached hydrogen (secondary N) is 1. The van der Waals surface area contributed by atoms with Gasteiger partial charge >= 0.3 is 0 Å². The molecule has 1 saturated heterocycles. The number of carbonyl (C=O) groups is 1. The first-order chi connectivity index (χ1) is 14.0. The highest BCUT2D eigenvalue weighted by atomic mass is 32.2. The molecule has 3 aromatic rings. The van der Waals surface area contributed by atoms with E-state index < -0.39 is 10.0 Å². The second-order valence-electron chi connectivity index (χ2n) is 7.06. The van der Waals surface area contributed by atoms with Gasteiger partial charge in [-0.1, -0.05) is 42.5 Å². The number of rotatable bonds is 5. The molecule has 6 nitrogen and oxygen atoms in total. The summed E-state index contributed by atoms with van der Waals surface area (Å²) < 4.78 is 27.2. The molecule has 1 N–H and O–H groups in total. The van der Waals surface area contributed by atoms with Crippen molar-refractivity contribution in [2.75, 3.05) is 31.5 Å². The fraction of sp³-hybridized carbons (Fsp3) is 0.286. The number of nitrogens with zero attached hydrogens (tertiary/aromatic N) is 2. The Kier molecular flexibility index (Phi) is 5.69. The summed E-state index contributed by atoms with van der Waals surface area (Å²) in [5, 5.41) is 6.88. The van der Waals surface area contributed by atoms with Gasteiger partial charge in [0.1, 0.15) is 4.21 Å². The first-order valence-corrected chi connectivity index (χ1v) is 11.8. The van der Waals surface area contributed by atoms with E-state index in [4.69, 9.17) is 0 Å². The van der Waals surface area contributed by atoms with E-state index in [2.05, 4.69) is 5.32 Å². The van der Waals surface area contributed by atoms with Gasteiger partial charge in [-0.2, -0.15) is 4.31 Å². The van der Waals surface area contributed by atoms with Gasteiger partial charge in [-0.15, -0.1) is 11.3 Å². The van der Waals surface area contributed by atoms with Crippen LogP contribution in [-0.2, 0) is 14.8 Å². The fourth-order valence-electron chi connectivity index (χ4n) is 3.61. The lowest BCUT2D eigenvalue weighted by molar-refractivity contribution is -0.121. The molecule has 0 radical (unpaired) electrons. The maximum Gasteiger partial charge on any atom is 0.252 e. The van der Waals surface area contributed by atoms with Crippen LogP contribution in [0, 0.1) is 0 Å². The summed E-state index contributed by atoms with van der Waals surface area (Å²) in [7, 11) is -3.44. The number of amides is 1. The average molecular weight is 430 g/mol.